The first-order valence-corrected chi connectivity index (χ1v) is 10.4. The third-order valence-electron chi connectivity index (χ3n) is 6.75. The Labute approximate surface area is 165 Å². The molecule has 152 valence electrons. The lowest BCUT2D eigenvalue weighted by Gasteiger charge is -2.38. The number of carboxylic acids is 1. The fourth-order valence-electron chi connectivity index (χ4n) is 4.44. The second-order valence-corrected chi connectivity index (χ2v) is 8.52. The lowest BCUT2D eigenvalue weighted by Crippen LogP contribution is -2.43. The first-order valence-electron chi connectivity index (χ1n) is 10.4. The Morgan fingerprint density at radius 3 is 2.57 bits per heavy atom. The van der Waals surface area contributed by atoms with Crippen molar-refractivity contribution in [3.8, 4) is 0 Å². The topological polar surface area (TPSA) is 96.2 Å². The van der Waals surface area contributed by atoms with Gasteiger partial charge in [-0.05, 0) is 51.4 Å². The molecule has 0 bridgehead atoms. The quantitative estimate of drug-likeness (QED) is 0.814. The van der Waals surface area contributed by atoms with Crippen molar-refractivity contribution in [3.05, 3.63) is 5.82 Å². The molecule has 2 aliphatic rings. The van der Waals surface area contributed by atoms with Crippen molar-refractivity contribution >= 4 is 28.9 Å². The molecule has 2 N–H and O–H groups in total. The summed E-state index contributed by atoms with van der Waals surface area (Å²) in [5, 5.41) is 12.9. The molecule has 8 heteroatoms. The molecule has 3 atom stereocenters. The first kappa shape index (κ1) is 19.0. The minimum absolute atomic E-state index is 0.208. The van der Waals surface area contributed by atoms with E-state index >= 15 is 0 Å². The highest BCUT2D eigenvalue weighted by molar-refractivity contribution is 5.91. The van der Waals surface area contributed by atoms with Gasteiger partial charge in [0.1, 0.15) is 5.52 Å². The highest BCUT2D eigenvalue weighted by Crippen LogP contribution is 2.34. The zero-order valence-corrected chi connectivity index (χ0v) is 17.1. The molecule has 1 aliphatic heterocycles. The Balaban J connectivity index is 1.78. The number of hydrogen-bond acceptors (Lipinski definition) is 6. The summed E-state index contributed by atoms with van der Waals surface area (Å²) in [6.45, 7) is 7.59. The summed E-state index contributed by atoms with van der Waals surface area (Å²) in [6, 6.07) is 0.613. The van der Waals surface area contributed by atoms with Crippen LogP contribution in [-0.4, -0.2) is 49.2 Å². The van der Waals surface area contributed by atoms with Crippen LogP contribution in [0.4, 0.5) is 11.8 Å². The van der Waals surface area contributed by atoms with Gasteiger partial charge < -0.3 is 19.9 Å². The Kier molecular flexibility index (Phi) is 4.89. The highest BCUT2D eigenvalue weighted by Gasteiger charge is 2.30. The number of fused-ring (bicyclic) bond motifs is 1. The van der Waals surface area contributed by atoms with E-state index in [0.717, 1.165) is 24.4 Å². The Morgan fingerprint density at radius 2 is 1.93 bits per heavy atom. The predicted octanol–water partition coefficient (Wildman–Crippen LogP) is 3.29. The molecule has 1 saturated carbocycles. The van der Waals surface area contributed by atoms with Crippen LogP contribution < -0.4 is 10.2 Å². The van der Waals surface area contributed by atoms with Gasteiger partial charge in [-0.2, -0.15) is 4.98 Å². The van der Waals surface area contributed by atoms with E-state index in [1.54, 1.807) is 0 Å². The molecule has 4 rings (SSSR count). The second kappa shape index (κ2) is 7.22. The van der Waals surface area contributed by atoms with Gasteiger partial charge in [0.25, 0.3) is 0 Å². The van der Waals surface area contributed by atoms with Gasteiger partial charge in [-0.1, -0.05) is 13.3 Å². The largest absolute Gasteiger partial charge is 0.475 e. The summed E-state index contributed by atoms with van der Waals surface area (Å²) >= 11 is 0. The van der Waals surface area contributed by atoms with Crippen LogP contribution in [0, 0.1) is 11.8 Å². The molecule has 2 aromatic rings. The summed E-state index contributed by atoms with van der Waals surface area (Å²) in [7, 11) is 1.97. The van der Waals surface area contributed by atoms with Gasteiger partial charge in [-0.3, -0.25) is 0 Å². The number of piperidine rings is 1. The summed E-state index contributed by atoms with van der Waals surface area (Å²) in [5.74, 6) is 1.26. The number of nitrogens with one attached hydrogen (secondary N) is 1. The molecule has 0 aromatic carbocycles. The summed E-state index contributed by atoms with van der Waals surface area (Å²) in [6.07, 6.45) is 6.01. The SMILES string of the molecule is CC1CCCN(c2nc3nc(C(=O)O)nc(NC(C)C4CCC4)c3n2C)C1C. The fourth-order valence-corrected chi connectivity index (χ4v) is 4.44. The number of aryl methyl sites for hydroxylation is 1. The van der Waals surface area contributed by atoms with Crippen molar-refractivity contribution in [1.29, 1.82) is 0 Å². The normalized spacial score (nSPS) is 24.2. The maximum Gasteiger partial charge on any atom is 0.374 e. The monoisotopic (exact) mass is 386 g/mol. The molecule has 1 saturated heterocycles. The number of carbonyl (C=O) groups is 1. The summed E-state index contributed by atoms with van der Waals surface area (Å²) < 4.78 is 2.02. The van der Waals surface area contributed by atoms with E-state index in [1.165, 1.54) is 25.7 Å². The number of hydrogen-bond donors (Lipinski definition) is 2. The Hall–Kier alpha value is -2.38. The fraction of sp³-hybridized carbons (Fsp3) is 0.700. The summed E-state index contributed by atoms with van der Waals surface area (Å²) in [5.41, 5.74) is 1.22. The molecular formula is C20H30N6O2. The van der Waals surface area contributed by atoms with Gasteiger partial charge >= 0.3 is 5.97 Å². The van der Waals surface area contributed by atoms with Crippen LogP contribution in [-0.2, 0) is 7.05 Å². The van der Waals surface area contributed by atoms with Gasteiger partial charge in [0.15, 0.2) is 11.5 Å². The molecule has 3 heterocycles. The van der Waals surface area contributed by atoms with E-state index in [0.29, 0.717) is 29.3 Å². The lowest BCUT2D eigenvalue weighted by molar-refractivity contribution is 0.0684. The van der Waals surface area contributed by atoms with Crippen LogP contribution in [0.15, 0.2) is 0 Å². The van der Waals surface area contributed by atoms with E-state index < -0.39 is 5.97 Å². The molecule has 2 fully saturated rings. The maximum atomic E-state index is 11.6. The van der Waals surface area contributed by atoms with Crippen LogP contribution in [0.3, 0.4) is 0 Å². The van der Waals surface area contributed by atoms with E-state index in [-0.39, 0.29) is 11.9 Å². The first-order chi connectivity index (χ1) is 13.4. The van der Waals surface area contributed by atoms with Gasteiger partial charge in [0, 0.05) is 25.7 Å². The highest BCUT2D eigenvalue weighted by atomic mass is 16.4. The number of anilines is 2. The minimum Gasteiger partial charge on any atom is -0.475 e. The number of rotatable bonds is 5. The molecule has 0 radical (unpaired) electrons. The Bertz CT molecular complexity index is 890. The van der Waals surface area contributed by atoms with Crippen molar-refractivity contribution in [2.24, 2.45) is 18.9 Å². The zero-order valence-electron chi connectivity index (χ0n) is 17.1. The minimum atomic E-state index is -1.13. The van der Waals surface area contributed by atoms with Crippen LogP contribution >= 0.6 is 0 Å². The molecular weight excluding hydrogens is 356 g/mol. The third kappa shape index (κ3) is 3.18. The zero-order chi connectivity index (χ0) is 20.0. The smallest absolute Gasteiger partial charge is 0.374 e. The lowest BCUT2D eigenvalue weighted by atomic mass is 9.80. The average Bonchev–Trinajstić information content (AvgIpc) is 2.92. The van der Waals surface area contributed by atoms with Crippen molar-refractivity contribution in [1.82, 2.24) is 19.5 Å². The number of aromatic nitrogens is 4. The van der Waals surface area contributed by atoms with E-state index in [1.807, 2.05) is 11.6 Å². The van der Waals surface area contributed by atoms with Crippen molar-refractivity contribution < 1.29 is 9.90 Å². The van der Waals surface area contributed by atoms with Crippen LogP contribution in [0.5, 0.6) is 0 Å². The molecule has 2 aromatic heterocycles. The molecule has 3 unspecified atom stereocenters. The van der Waals surface area contributed by atoms with Gasteiger partial charge in [-0.25, -0.2) is 14.8 Å². The molecule has 8 nitrogen and oxygen atoms in total. The van der Waals surface area contributed by atoms with Crippen LogP contribution in [0.2, 0.25) is 0 Å². The van der Waals surface area contributed by atoms with Gasteiger partial charge in [0.05, 0.1) is 0 Å². The molecule has 1 aliphatic carbocycles. The van der Waals surface area contributed by atoms with Gasteiger partial charge in [0.2, 0.25) is 11.8 Å². The van der Waals surface area contributed by atoms with Crippen molar-refractivity contribution in [3.63, 3.8) is 0 Å². The standard InChI is InChI=1S/C20H30N6O2/c1-11-7-6-10-26(13(11)3)20-24-17-15(25(20)4)16(22-18(23-17)19(27)28)21-12(2)14-8-5-9-14/h11-14H,5-10H2,1-4H3,(H,27,28)(H,21,22,23). The number of nitrogens with zero attached hydrogens (tertiary/aromatic N) is 5. The van der Waals surface area contributed by atoms with Crippen LogP contribution in [0.1, 0.15) is 63.5 Å². The molecule has 28 heavy (non-hydrogen) atoms. The van der Waals surface area contributed by atoms with Crippen molar-refractivity contribution in [2.45, 2.75) is 65.0 Å². The van der Waals surface area contributed by atoms with E-state index in [2.05, 4.69) is 41.0 Å². The maximum absolute atomic E-state index is 11.6. The Morgan fingerprint density at radius 1 is 1.18 bits per heavy atom. The van der Waals surface area contributed by atoms with E-state index in [4.69, 9.17) is 4.98 Å². The van der Waals surface area contributed by atoms with Crippen molar-refractivity contribution in [2.75, 3.05) is 16.8 Å². The number of aromatic carboxylic acids is 1. The predicted molar refractivity (Wildman–Crippen MR) is 109 cm³/mol. The third-order valence-corrected chi connectivity index (χ3v) is 6.75. The average molecular weight is 387 g/mol. The van der Waals surface area contributed by atoms with Crippen LogP contribution in [0.25, 0.3) is 11.2 Å². The molecule has 0 spiro atoms. The number of imidazole rings is 1. The molecule has 0 amide bonds. The summed E-state index contributed by atoms with van der Waals surface area (Å²) in [4.78, 5) is 27.2. The second-order valence-electron chi connectivity index (χ2n) is 8.52. The van der Waals surface area contributed by atoms with Gasteiger partial charge in [-0.15, -0.1) is 0 Å². The number of carboxylic acid groups (broad SMARTS) is 1. The van der Waals surface area contributed by atoms with E-state index in [9.17, 15) is 9.90 Å².